The Kier molecular flexibility index (Phi) is 2.84. The first kappa shape index (κ1) is 14.5. The second kappa shape index (κ2) is 4.49. The molecule has 2 N–H and O–H groups in total. The van der Waals surface area contributed by atoms with E-state index in [9.17, 15) is 5.21 Å². The highest BCUT2D eigenvalue weighted by atomic mass is 16.5. The van der Waals surface area contributed by atoms with Gasteiger partial charge in [-0.1, -0.05) is 0 Å². The minimum atomic E-state index is -0.505. The topological polar surface area (TPSA) is 81.3 Å². The minimum absolute atomic E-state index is 0.0778. The number of nitrogens with one attached hydrogen (secondary N) is 1. The fourth-order valence-corrected chi connectivity index (χ4v) is 4.00. The predicted molar refractivity (Wildman–Crippen MR) is 84.8 cm³/mol. The van der Waals surface area contributed by atoms with Gasteiger partial charge in [0.1, 0.15) is 11.3 Å². The zero-order valence-electron chi connectivity index (χ0n) is 13.5. The Bertz CT molecular complexity index is 739. The van der Waals surface area contributed by atoms with Gasteiger partial charge in [-0.2, -0.15) is 0 Å². The lowest BCUT2D eigenvalue weighted by molar-refractivity contribution is -0.203. The summed E-state index contributed by atoms with van der Waals surface area (Å²) in [5.74, 6) is 0.477. The molecule has 3 heterocycles. The van der Waals surface area contributed by atoms with Crippen LogP contribution in [0.2, 0.25) is 0 Å². The van der Waals surface area contributed by atoms with Crippen molar-refractivity contribution in [2.75, 3.05) is 0 Å². The van der Waals surface area contributed by atoms with Crippen LogP contribution in [0.25, 0.3) is 0 Å². The van der Waals surface area contributed by atoms with E-state index in [0.717, 1.165) is 29.8 Å². The Labute approximate surface area is 135 Å². The molecule has 5 aliphatic rings. The standard InChI is InChI=1S/C17H20N4O2/c1-16(2)12-8-9-17(3,23-16)14-13(12)21(22)15(20-19-14)10-4-6-11(18)7-5-10/h4-7,12,18,22H,8-9H2,1-3H3. The molecule has 23 heavy (non-hydrogen) atoms. The summed E-state index contributed by atoms with van der Waals surface area (Å²) in [4.78, 5) is 0. The molecule has 2 aliphatic carbocycles. The second-order valence-electron chi connectivity index (χ2n) is 7.17. The third-order valence-corrected chi connectivity index (χ3v) is 5.13. The molecule has 0 aromatic rings. The van der Waals surface area contributed by atoms with E-state index in [1.807, 2.05) is 6.92 Å². The number of nitrogens with zero attached hydrogens (tertiary/aromatic N) is 3. The average Bonchev–Trinajstić information content (AvgIpc) is 2.48. The van der Waals surface area contributed by atoms with Gasteiger partial charge < -0.3 is 10.1 Å². The number of allylic oxidation sites excluding steroid dienone is 5. The summed E-state index contributed by atoms with van der Waals surface area (Å²) in [5, 5.41) is 28.2. The molecule has 1 saturated heterocycles. The van der Waals surface area contributed by atoms with E-state index in [1.165, 1.54) is 5.06 Å². The molecule has 2 unspecified atom stereocenters. The fraction of sp³-hybridized carbons (Fsp3) is 0.471. The van der Waals surface area contributed by atoms with Crippen molar-refractivity contribution in [1.82, 2.24) is 5.06 Å². The van der Waals surface area contributed by atoms with Crippen LogP contribution in [0.5, 0.6) is 0 Å². The molecule has 3 aliphatic heterocycles. The van der Waals surface area contributed by atoms with Gasteiger partial charge in [0.15, 0.2) is 5.82 Å². The number of hydrogen-bond donors (Lipinski definition) is 2. The van der Waals surface area contributed by atoms with E-state index in [1.54, 1.807) is 24.3 Å². The van der Waals surface area contributed by atoms with Gasteiger partial charge in [0.25, 0.3) is 0 Å². The molecule has 0 radical (unpaired) electrons. The van der Waals surface area contributed by atoms with Crippen molar-refractivity contribution in [3.8, 4) is 0 Å². The smallest absolute Gasteiger partial charge is 0.186 e. The molecule has 0 aromatic carbocycles. The molecule has 0 amide bonds. The second-order valence-corrected chi connectivity index (χ2v) is 7.17. The van der Waals surface area contributed by atoms with E-state index >= 15 is 0 Å². The third-order valence-electron chi connectivity index (χ3n) is 5.13. The van der Waals surface area contributed by atoms with Crippen LogP contribution in [0.15, 0.2) is 57.3 Å². The molecule has 0 aromatic heterocycles. The van der Waals surface area contributed by atoms with Gasteiger partial charge in [-0.3, -0.25) is 5.21 Å². The van der Waals surface area contributed by atoms with Gasteiger partial charge >= 0.3 is 0 Å². The molecule has 5 rings (SSSR count). The molecule has 0 spiro atoms. The van der Waals surface area contributed by atoms with Gasteiger partial charge in [0.05, 0.1) is 17.0 Å². The van der Waals surface area contributed by atoms with Crippen LogP contribution in [0, 0.1) is 11.3 Å². The Morgan fingerprint density at radius 2 is 1.91 bits per heavy atom. The maximum Gasteiger partial charge on any atom is 0.186 e. The largest absolute Gasteiger partial charge is 0.362 e. The number of azo groups is 1. The first-order valence-electron chi connectivity index (χ1n) is 7.86. The molecule has 6 heteroatoms. The van der Waals surface area contributed by atoms with Gasteiger partial charge in [0, 0.05) is 11.5 Å². The van der Waals surface area contributed by atoms with E-state index < -0.39 is 5.60 Å². The van der Waals surface area contributed by atoms with E-state index in [0.29, 0.717) is 11.5 Å². The molecular weight excluding hydrogens is 292 g/mol. The molecule has 0 saturated carbocycles. The van der Waals surface area contributed by atoms with Gasteiger partial charge in [0.2, 0.25) is 0 Å². The first-order valence-corrected chi connectivity index (χ1v) is 7.86. The fourth-order valence-electron chi connectivity index (χ4n) is 4.00. The minimum Gasteiger partial charge on any atom is -0.362 e. The van der Waals surface area contributed by atoms with Crippen LogP contribution < -0.4 is 0 Å². The third kappa shape index (κ3) is 1.98. The maximum atomic E-state index is 10.8. The monoisotopic (exact) mass is 312 g/mol. The highest BCUT2D eigenvalue weighted by Gasteiger charge is 2.56. The van der Waals surface area contributed by atoms with Crippen molar-refractivity contribution in [1.29, 1.82) is 5.41 Å². The van der Waals surface area contributed by atoms with Crippen LogP contribution in [0.4, 0.5) is 0 Å². The zero-order valence-corrected chi connectivity index (χ0v) is 13.5. The normalized spacial score (nSPS) is 34.5. The molecule has 1 fully saturated rings. The summed E-state index contributed by atoms with van der Waals surface area (Å²) in [6, 6.07) is 0. The zero-order chi connectivity index (χ0) is 16.4. The van der Waals surface area contributed by atoms with E-state index in [2.05, 4.69) is 24.1 Å². The maximum absolute atomic E-state index is 10.8. The highest BCUT2D eigenvalue weighted by molar-refractivity contribution is 6.03. The predicted octanol–water partition coefficient (Wildman–Crippen LogP) is 3.69. The summed E-state index contributed by atoms with van der Waals surface area (Å²) in [6.07, 6.45) is 8.74. The van der Waals surface area contributed by atoms with E-state index in [-0.39, 0.29) is 11.5 Å². The van der Waals surface area contributed by atoms with Gasteiger partial charge in [-0.05, 0) is 57.9 Å². The number of ether oxygens (including phenoxy) is 1. The summed E-state index contributed by atoms with van der Waals surface area (Å²) in [5.41, 5.74) is 1.84. The van der Waals surface area contributed by atoms with Crippen molar-refractivity contribution in [3.05, 3.63) is 47.1 Å². The van der Waals surface area contributed by atoms with Crippen LogP contribution in [-0.2, 0) is 4.74 Å². The van der Waals surface area contributed by atoms with Crippen molar-refractivity contribution < 1.29 is 9.94 Å². The molecule has 2 bridgehead atoms. The molecule has 2 atom stereocenters. The molecular formula is C17H20N4O2. The summed E-state index contributed by atoms with van der Waals surface area (Å²) in [7, 11) is 0. The van der Waals surface area contributed by atoms with Crippen molar-refractivity contribution in [2.45, 2.75) is 44.8 Å². The average molecular weight is 312 g/mol. The lowest BCUT2D eigenvalue weighted by atomic mass is 9.69. The Morgan fingerprint density at radius 1 is 1.22 bits per heavy atom. The number of hydroxylamine groups is 2. The van der Waals surface area contributed by atoms with E-state index in [4.69, 9.17) is 10.1 Å². The lowest BCUT2D eigenvalue weighted by Crippen LogP contribution is -2.57. The van der Waals surface area contributed by atoms with Crippen LogP contribution in [-0.4, -0.2) is 27.2 Å². The van der Waals surface area contributed by atoms with Crippen LogP contribution in [0.1, 0.15) is 33.6 Å². The summed E-state index contributed by atoms with van der Waals surface area (Å²) < 4.78 is 6.25. The van der Waals surface area contributed by atoms with Crippen molar-refractivity contribution in [3.63, 3.8) is 0 Å². The van der Waals surface area contributed by atoms with Crippen LogP contribution in [0.3, 0.4) is 0 Å². The Hall–Kier alpha value is -2.05. The number of hydrogen-bond acceptors (Lipinski definition) is 6. The summed E-state index contributed by atoms with van der Waals surface area (Å²) >= 11 is 0. The quantitative estimate of drug-likeness (QED) is 0.715. The number of rotatable bonds is 0. The molecule has 6 nitrogen and oxygen atoms in total. The summed E-state index contributed by atoms with van der Waals surface area (Å²) in [6.45, 7) is 6.15. The highest BCUT2D eigenvalue weighted by Crippen LogP contribution is 2.55. The number of fused-ring (bicyclic) bond motifs is 2. The van der Waals surface area contributed by atoms with Crippen molar-refractivity contribution in [2.24, 2.45) is 16.1 Å². The van der Waals surface area contributed by atoms with Crippen LogP contribution >= 0.6 is 0 Å². The van der Waals surface area contributed by atoms with Gasteiger partial charge in [-0.15, -0.1) is 10.2 Å². The first-order chi connectivity index (χ1) is 10.8. The van der Waals surface area contributed by atoms with Gasteiger partial charge in [-0.25, -0.2) is 5.06 Å². The Morgan fingerprint density at radius 3 is 2.57 bits per heavy atom. The molecule has 120 valence electrons. The SMILES string of the molecule is CC12CCC(C3=C1N=NC(=C1C=CC(=N)C=C1)N3O)C(C)(C)O2. The Balaban J connectivity index is 1.83. The lowest BCUT2D eigenvalue weighted by Gasteiger charge is -2.55. The van der Waals surface area contributed by atoms with Crippen molar-refractivity contribution >= 4 is 5.71 Å².